The molecular weight excluding hydrogens is 320 g/mol. The third kappa shape index (κ3) is 2.44. The summed E-state index contributed by atoms with van der Waals surface area (Å²) in [6.45, 7) is 2.06. The van der Waals surface area contributed by atoms with Crippen molar-refractivity contribution < 1.29 is 0 Å². The Labute approximate surface area is 105 Å². The second kappa shape index (κ2) is 4.41. The van der Waals surface area contributed by atoms with Crippen molar-refractivity contribution in [3.63, 3.8) is 0 Å². The van der Waals surface area contributed by atoms with E-state index >= 15 is 0 Å². The van der Waals surface area contributed by atoms with Crippen LogP contribution in [0.3, 0.4) is 0 Å². The number of rotatable bonds is 1. The van der Waals surface area contributed by atoms with Crippen LogP contribution in [0.25, 0.3) is 11.4 Å². The van der Waals surface area contributed by atoms with E-state index in [4.69, 9.17) is 0 Å². The van der Waals surface area contributed by atoms with Crippen LogP contribution in [0.2, 0.25) is 0 Å². The van der Waals surface area contributed by atoms with Crippen LogP contribution in [0.1, 0.15) is 5.56 Å². The van der Waals surface area contributed by atoms with Crippen molar-refractivity contribution in [2.45, 2.75) is 6.92 Å². The highest BCUT2D eigenvalue weighted by atomic mass is 79.9. The van der Waals surface area contributed by atoms with E-state index in [0.717, 1.165) is 20.5 Å². The smallest absolute Gasteiger partial charge is 0.160 e. The van der Waals surface area contributed by atoms with Gasteiger partial charge in [-0.15, -0.1) is 0 Å². The minimum atomic E-state index is 0.727. The fraction of sp³-hybridized carbons (Fsp3) is 0.0909. The van der Waals surface area contributed by atoms with Crippen LogP contribution >= 0.6 is 31.9 Å². The molecule has 0 aliphatic heterocycles. The van der Waals surface area contributed by atoms with Crippen LogP contribution in [0.4, 0.5) is 0 Å². The molecule has 0 radical (unpaired) electrons. The van der Waals surface area contributed by atoms with Crippen molar-refractivity contribution in [1.29, 1.82) is 0 Å². The molecule has 4 heteroatoms. The molecule has 2 aromatic rings. The number of halogens is 2. The van der Waals surface area contributed by atoms with Crippen molar-refractivity contribution in [3.05, 3.63) is 45.1 Å². The number of aryl methyl sites for hydroxylation is 1. The van der Waals surface area contributed by atoms with Crippen LogP contribution in [0.5, 0.6) is 0 Å². The molecule has 0 fully saturated rings. The number of hydrogen-bond acceptors (Lipinski definition) is 2. The summed E-state index contributed by atoms with van der Waals surface area (Å²) in [5.41, 5.74) is 2.25. The van der Waals surface area contributed by atoms with Gasteiger partial charge in [-0.3, -0.25) is 0 Å². The lowest BCUT2D eigenvalue weighted by Gasteiger charge is -2.02. The van der Waals surface area contributed by atoms with Gasteiger partial charge in [0, 0.05) is 11.8 Å². The summed E-state index contributed by atoms with van der Waals surface area (Å²) in [5.74, 6) is 0.727. The van der Waals surface area contributed by atoms with E-state index < -0.39 is 0 Å². The molecule has 0 bridgehead atoms. The average molecular weight is 328 g/mol. The molecule has 0 atom stereocenters. The second-order valence-electron chi connectivity index (χ2n) is 3.20. The first kappa shape index (κ1) is 10.8. The van der Waals surface area contributed by atoms with Crippen LogP contribution in [0.15, 0.2) is 39.5 Å². The summed E-state index contributed by atoms with van der Waals surface area (Å²) >= 11 is 6.70. The Morgan fingerprint density at radius 2 is 1.73 bits per heavy atom. The summed E-state index contributed by atoms with van der Waals surface area (Å²) in [4.78, 5) is 8.58. The zero-order valence-electron chi connectivity index (χ0n) is 8.04. The predicted molar refractivity (Wildman–Crippen MR) is 67.6 cm³/mol. The van der Waals surface area contributed by atoms with Crippen LogP contribution < -0.4 is 0 Å². The van der Waals surface area contributed by atoms with Crippen LogP contribution in [-0.4, -0.2) is 9.97 Å². The zero-order chi connectivity index (χ0) is 10.8. The topological polar surface area (TPSA) is 25.8 Å². The molecule has 76 valence electrons. The lowest BCUT2D eigenvalue weighted by atomic mass is 10.1. The molecule has 2 nitrogen and oxygen atoms in total. The molecule has 0 unspecified atom stereocenters. The number of hydrogen-bond donors (Lipinski definition) is 0. The second-order valence-corrected chi connectivity index (χ2v) is 4.80. The Balaban J connectivity index is 2.45. The maximum atomic E-state index is 4.33. The van der Waals surface area contributed by atoms with Gasteiger partial charge in [0.05, 0.1) is 4.47 Å². The highest BCUT2D eigenvalue weighted by Gasteiger charge is 2.04. The molecule has 1 heterocycles. The average Bonchev–Trinajstić information content (AvgIpc) is 2.23. The first-order chi connectivity index (χ1) is 7.16. The standard InChI is InChI=1S/C11H8Br2N2/c1-7-2-4-8(5-3-7)11-14-6-9(12)10(13)15-11/h2-6H,1H3. The Hall–Kier alpha value is -0.740. The van der Waals surface area contributed by atoms with Gasteiger partial charge in [0.2, 0.25) is 0 Å². The zero-order valence-corrected chi connectivity index (χ0v) is 11.2. The summed E-state index contributed by atoms with van der Waals surface area (Å²) < 4.78 is 1.63. The van der Waals surface area contributed by atoms with Gasteiger partial charge < -0.3 is 0 Å². The summed E-state index contributed by atoms with van der Waals surface area (Å²) in [7, 11) is 0. The maximum Gasteiger partial charge on any atom is 0.160 e. The first-order valence-corrected chi connectivity index (χ1v) is 6.00. The van der Waals surface area contributed by atoms with Gasteiger partial charge >= 0.3 is 0 Å². The lowest BCUT2D eigenvalue weighted by Crippen LogP contribution is -1.89. The SMILES string of the molecule is Cc1ccc(-c2ncc(Br)c(Br)n2)cc1. The molecule has 0 N–H and O–H groups in total. The van der Waals surface area contributed by atoms with E-state index in [2.05, 4.69) is 60.9 Å². The molecular formula is C11H8Br2N2. The highest BCUT2D eigenvalue weighted by Crippen LogP contribution is 2.23. The number of nitrogens with zero attached hydrogens (tertiary/aromatic N) is 2. The normalized spacial score (nSPS) is 10.3. The van der Waals surface area contributed by atoms with Crippen molar-refractivity contribution in [1.82, 2.24) is 9.97 Å². The molecule has 0 aliphatic carbocycles. The van der Waals surface area contributed by atoms with E-state index in [1.165, 1.54) is 5.56 Å². The molecule has 1 aromatic heterocycles. The quantitative estimate of drug-likeness (QED) is 0.740. The van der Waals surface area contributed by atoms with Crippen molar-refractivity contribution >= 4 is 31.9 Å². The van der Waals surface area contributed by atoms with E-state index in [-0.39, 0.29) is 0 Å². The minimum Gasteiger partial charge on any atom is -0.235 e. The van der Waals surface area contributed by atoms with Gasteiger partial charge in [-0.1, -0.05) is 29.8 Å². The van der Waals surface area contributed by atoms with Gasteiger partial charge in [0.1, 0.15) is 4.60 Å². The third-order valence-corrected chi connectivity index (χ3v) is 3.73. The van der Waals surface area contributed by atoms with Gasteiger partial charge in [0.15, 0.2) is 5.82 Å². The van der Waals surface area contributed by atoms with Crippen LogP contribution in [-0.2, 0) is 0 Å². The lowest BCUT2D eigenvalue weighted by molar-refractivity contribution is 1.13. The highest BCUT2D eigenvalue weighted by molar-refractivity contribution is 9.13. The molecule has 0 amide bonds. The fourth-order valence-corrected chi connectivity index (χ4v) is 1.65. The molecule has 15 heavy (non-hydrogen) atoms. The Kier molecular flexibility index (Phi) is 3.17. The number of aromatic nitrogens is 2. The van der Waals surface area contributed by atoms with Crippen LogP contribution in [0, 0.1) is 6.92 Å². The van der Waals surface area contributed by atoms with E-state index in [0.29, 0.717) is 0 Å². The van der Waals surface area contributed by atoms with Crippen molar-refractivity contribution in [2.75, 3.05) is 0 Å². The molecule has 0 aliphatic rings. The van der Waals surface area contributed by atoms with Gasteiger partial charge in [-0.25, -0.2) is 9.97 Å². The Morgan fingerprint density at radius 3 is 2.33 bits per heavy atom. The van der Waals surface area contributed by atoms with Crippen molar-refractivity contribution in [3.8, 4) is 11.4 Å². The molecule has 0 saturated heterocycles. The van der Waals surface area contributed by atoms with E-state index in [1.807, 2.05) is 12.1 Å². The van der Waals surface area contributed by atoms with Gasteiger partial charge in [-0.05, 0) is 38.8 Å². The van der Waals surface area contributed by atoms with E-state index in [9.17, 15) is 0 Å². The summed E-state index contributed by atoms with van der Waals surface area (Å²) in [6, 6.07) is 8.14. The molecule has 2 rings (SSSR count). The Morgan fingerprint density at radius 1 is 1.07 bits per heavy atom. The molecule has 1 aromatic carbocycles. The minimum absolute atomic E-state index is 0.727. The van der Waals surface area contributed by atoms with Gasteiger partial charge in [-0.2, -0.15) is 0 Å². The third-order valence-electron chi connectivity index (χ3n) is 2.01. The summed E-state index contributed by atoms with van der Waals surface area (Å²) in [6.07, 6.45) is 1.74. The van der Waals surface area contributed by atoms with Crippen molar-refractivity contribution in [2.24, 2.45) is 0 Å². The monoisotopic (exact) mass is 326 g/mol. The summed E-state index contributed by atoms with van der Waals surface area (Å²) in [5, 5.41) is 0. The predicted octanol–water partition coefficient (Wildman–Crippen LogP) is 3.98. The molecule has 0 saturated carbocycles. The Bertz CT molecular complexity index is 480. The first-order valence-electron chi connectivity index (χ1n) is 4.42. The fourth-order valence-electron chi connectivity index (χ4n) is 1.19. The van der Waals surface area contributed by atoms with Gasteiger partial charge in [0.25, 0.3) is 0 Å². The molecule has 0 spiro atoms. The maximum absolute atomic E-state index is 4.33. The largest absolute Gasteiger partial charge is 0.235 e. The number of benzene rings is 1. The van der Waals surface area contributed by atoms with E-state index in [1.54, 1.807) is 6.20 Å².